The molecule has 0 radical (unpaired) electrons. The van der Waals surface area contributed by atoms with Gasteiger partial charge in [-0.1, -0.05) is 35.3 Å². The third kappa shape index (κ3) is 4.69. The molecule has 2 aromatic carbocycles. The Bertz CT molecular complexity index is 1290. The van der Waals surface area contributed by atoms with E-state index in [-0.39, 0.29) is 33.7 Å². The van der Waals surface area contributed by atoms with Gasteiger partial charge in [-0.25, -0.2) is 8.42 Å². The Morgan fingerprint density at radius 3 is 2.51 bits per heavy atom. The number of halogens is 2. The summed E-state index contributed by atoms with van der Waals surface area (Å²) in [4.78, 5) is 28.1. The molecular formula is C25H27Cl2N3O4S. The lowest BCUT2D eigenvalue weighted by atomic mass is 10.0. The van der Waals surface area contributed by atoms with Gasteiger partial charge in [0.25, 0.3) is 5.91 Å². The number of benzene rings is 2. The van der Waals surface area contributed by atoms with Gasteiger partial charge in [0.2, 0.25) is 15.9 Å². The van der Waals surface area contributed by atoms with Gasteiger partial charge in [0.05, 0.1) is 21.0 Å². The highest BCUT2D eigenvalue weighted by Crippen LogP contribution is 2.54. The molecule has 0 aromatic heterocycles. The van der Waals surface area contributed by atoms with Crippen molar-refractivity contribution in [2.75, 3.05) is 19.6 Å². The molecule has 2 aromatic rings. The number of nitrogens with zero attached hydrogens (tertiary/aromatic N) is 2. The van der Waals surface area contributed by atoms with Crippen molar-refractivity contribution in [2.24, 2.45) is 5.41 Å². The lowest BCUT2D eigenvalue weighted by Crippen LogP contribution is -2.51. The summed E-state index contributed by atoms with van der Waals surface area (Å²) in [6.45, 7) is 3.38. The van der Waals surface area contributed by atoms with Crippen LogP contribution < -0.4 is 5.32 Å². The van der Waals surface area contributed by atoms with Gasteiger partial charge in [-0.05, 0) is 73.9 Å². The maximum atomic E-state index is 13.4. The van der Waals surface area contributed by atoms with Gasteiger partial charge in [0, 0.05) is 25.2 Å². The SMILES string of the molecule is CC(NC(=O)[C@H]1CCCN1C(=O)c1cccc(S(=O)(=O)N2CC3(CC3)C2)c1)c1ccc(Cl)c(Cl)c1. The summed E-state index contributed by atoms with van der Waals surface area (Å²) in [5.41, 5.74) is 1.27. The van der Waals surface area contributed by atoms with Crippen molar-refractivity contribution in [1.82, 2.24) is 14.5 Å². The smallest absolute Gasteiger partial charge is 0.254 e. The fraction of sp³-hybridized carbons (Fsp3) is 0.440. The molecule has 2 saturated heterocycles. The summed E-state index contributed by atoms with van der Waals surface area (Å²) in [5, 5.41) is 3.81. The minimum absolute atomic E-state index is 0.118. The molecule has 1 unspecified atom stereocenters. The van der Waals surface area contributed by atoms with Crippen molar-refractivity contribution in [2.45, 2.75) is 49.6 Å². The van der Waals surface area contributed by atoms with Crippen molar-refractivity contribution in [3.05, 3.63) is 63.6 Å². The first-order valence-corrected chi connectivity index (χ1v) is 14.0. The molecule has 1 saturated carbocycles. The zero-order chi connectivity index (χ0) is 25.0. The maximum Gasteiger partial charge on any atom is 0.254 e. The second kappa shape index (κ2) is 9.07. The van der Waals surface area contributed by atoms with Crippen LogP contribution in [0.5, 0.6) is 0 Å². The van der Waals surface area contributed by atoms with E-state index >= 15 is 0 Å². The first-order chi connectivity index (χ1) is 16.6. The van der Waals surface area contributed by atoms with Crippen LogP contribution in [0.2, 0.25) is 10.0 Å². The lowest BCUT2D eigenvalue weighted by molar-refractivity contribution is -0.125. The predicted octanol–water partition coefficient (Wildman–Crippen LogP) is 4.26. The van der Waals surface area contributed by atoms with E-state index < -0.39 is 16.1 Å². The van der Waals surface area contributed by atoms with E-state index in [1.54, 1.807) is 30.3 Å². The molecule has 35 heavy (non-hydrogen) atoms. The largest absolute Gasteiger partial charge is 0.348 e. The molecule has 3 aliphatic rings. The summed E-state index contributed by atoms with van der Waals surface area (Å²) in [5.74, 6) is -0.599. The standard InChI is InChI=1S/C25H27Cl2N3O4S/c1-16(17-7-8-20(26)21(27)13-17)28-23(31)22-6-3-11-30(22)24(32)18-4-2-5-19(12-18)35(33,34)29-14-25(15-29)9-10-25/h2,4-5,7-8,12-13,16,22H,3,6,9-11,14-15H2,1H3,(H,28,31)/t16?,22-/m1/s1. The van der Waals surface area contributed by atoms with Gasteiger partial charge < -0.3 is 10.2 Å². The van der Waals surface area contributed by atoms with E-state index in [0.29, 0.717) is 42.5 Å². The molecular weight excluding hydrogens is 509 g/mol. The minimum Gasteiger partial charge on any atom is -0.348 e. The van der Waals surface area contributed by atoms with Crippen molar-refractivity contribution >= 4 is 45.0 Å². The highest BCUT2D eigenvalue weighted by atomic mass is 35.5. The normalized spacial score (nSPS) is 22.0. The number of hydrogen-bond acceptors (Lipinski definition) is 4. The molecule has 1 aliphatic carbocycles. The molecule has 2 amide bonds. The molecule has 2 heterocycles. The first kappa shape index (κ1) is 24.6. The quantitative estimate of drug-likeness (QED) is 0.598. The van der Waals surface area contributed by atoms with Crippen molar-refractivity contribution < 1.29 is 18.0 Å². The molecule has 0 bridgehead atoms. The number of sulfonamides is 1. The number of hydrogen-bond donors (Lipinski definition) is 1. The number of rotatable bonds is 6. The highest BCUT2D eigenvalue weighted by molar-refractivity contribution is 7.89. The zero-order valence-corrected chi connectivity index (χ0v) is 21.7. The lowest BCUT2D eigenvalue weighted by Gasteiger charge is -2.38. The number of nitrogens with one attached hydrogen (secondary N) is 1. The third-order valence-electron chi connectivity index (χ3n) is 7.32. The second-order valence-electron chi connectivity index (χ2n) is 9.86. The van der Waals surface area contributed by atoms with Crippen LogP contribution in [0.3, 0.4) is 0 Å². The van der Waals surface area contributed by atoms with E-state index in [2.05, 4.69) is 5.32 Å². The van der Waals surface area contributed by atoms with E-state index in [0.717, 1.165) is 18.4 Å². The topological polar surface area (TPSA) is 86.8 Å². The Kier molecular flexibility index (Phi) is 6.36. The number of likely N-dealkylation sites (tertiary alicyclic amines) is 1. The maximum absolute atomic E-state index is 13.4. The average Bonchev–Trinajstić information content (AvgIpc) is 3.48. The van der Waals surface area contributed by atoms with E-state index in [1.807, 2.05) is 6.92 Å². The van der Waals surface area contributed by atoms with Crippen LogP contribution in [0, 0.1) is 5.41 Å². The summed E-state index contributed by atoms with van der Waals surface area (Å²) in [7, 11) is -3.63. The van der Waals surface area contributed by atoms with E-state index in [4.69, 9.17) is 23.2 Å². The molecule has 1 spiro atoms. The molecule has 7 nitrogen and oxygen atoms in total. The summed E-state index contributed by atoms with van der Waals surface area (Å²) in [6.07, 6.45) is 3.40. The second-order valence-corrected chi connectivity index (χ2v) is 12.6. The highest BCUT2D eigenvalue weighted by Gasteiger charge is 2.56. The first-order valence-electron chi connectivity index (χ1n) is 11.8. The summed E-state index contributed by atoms with van der Waals surface area (Å²) >= 11 is 12.1. The van der Waals surface area contributed by atoms with Crippen LogP contribution in [0.15, 0.2) is 47.4 Å². The number of amides is 2. The monoisotopic (exact) mass is 535 g/mol. The van der Waals surface area contributed by atoms with Crippen LogP contribution >= 0.6 is 23.2 Å². The Morgan fingerprint density at radius 2 is 1.83 bits per heavy atom. The van der Waals surface area contributed by atoms with Crippen molar-refractivity contribution in [3.8, 4) is 0 Å². The fourth-order valence-corrected chi connectivity index (χ4v) is 6.95. The van der Waals surface area contributed by atoms with Gasteiger partial charge in [0.1, 0.15) is 6.04 Å². The van der Waals surface area contributed by atoms with Crippen LogP contribution in [0.4, 0.5) is 0 Å². The van der Waals surface area contributed by atoms with Gasteiger partial charge >= 0.3 is 0 Å². The molecule has 186 valence electrons. The van der Waals surface area contributed by atoms with Crippen LogP contribution in [-0.2, 0) is 14.8 Å². The van der Waals surface area contributed by atoms with Crippen LogP contribution in [0.1, 0.15) is 54.6 Å². The third-order valence-corrected chi connectivity index (χ3v) is 9.84. The molecule has 10 heteroatoms. The predicted molar refractivity (Wildman–Crippen MR) is 134 cm³/mol. The molecule has 5 rings (SSSR count). The molecule has 2 atom stereocenters. The van der Waals surface area contributed by atoms with Crippen molar-refractivity contribution in [1.29, 1.82) is 0 Å². The Hall–Kier alpha value is -2.13. The minimum atomic E-state index is -3.63. The molecule has 2 aliphatic heterocycles. The van der Waals surface area contributed by atoms with Gasteiger partial charge in [-0.3, -0.25) is 9.59 Å². The van der Waals surface area contributed by atoms with Gasteiger partial charge in [-0.2, -0.15) is 4.31 Å². The van der Waals surface area contributed by atoms with Gasteiger partial charge in [0.15, 0.2) is 0 Å². The van der Waals surface area contributed by atoms with E-state index in [9.17, 15) is 18.0 Å². The summed E-state index contributed by atoms with van der Waals surface area (Å²) < 4.78 is 27.5. The van der Waals surface area contributed by atoms with Gasteiger partial charge in [-0.15, -0.1) is 0 Å². The summed E-state index contributed by atoms with van der Waals surface area (Å²) in [6, 6.07) is 10.4. The van der Waals surface area contributed by atoms with Crippen LogP contribution in [-0.4, -0.2) is 55.1 Å². The van der Waals surface area contributed by atoms with Crippen molar-refractivity contribution in [3.63, 3.8) is 0 Å². The average molecular weight is 536 g/mol. The number of carbonyl (C=O) groups excluding carboxylic acids is 2. The Balaban J connectivity index is 1.29. The molecule has 1 N–H and O–H groups in total. The Morgan fingerprint density at radius 1 is 1.09 bits per heavy atom. The zero-order valence-electron chi connectivity index (χ0n) is 19.3. The molecule has 3 fully saturated rings. The number of carbonyl (C=O) groups is 2. The fourth-order valence-electron chi connectivity index (χ4n) is 4.93. The van der Waals surface area contributed by atoms with Crippen LogP contribution in [0.25, 0.3) is 0 Å². The van der Waals surface area contributed by atoms with E-state index in [1.165, 1.54) is 21.3 Å². The Labute approximate surface area is 215 Å².